The first-order valence-corrected chi connectivity index (χ1v) is 15.0. The van der Waals surface area contributed by atoms with Crippen LogP contribution >= 0.6 is 0 Å². The standard InChI is InChI=1S/C19H22N.C13H10.C5H5.2ClH.Zr/c1-13(2)20(14(3)4)18-11-7-9-16-12-15-8-5-6-10-17(15)19(16)18;1-3-7-12(8-4-1)11-13-9-5-2-6-10-13;1-2-4-5-3-1;;;/h5-14H,1-4H3;1-10H;1-3H,4H2;2*1H;/q-1;;-1;;;+2/p-2. The van der Waals surface area contributed by atoms with Crippen LogP contribution in [0.15, 0.2) is 127 Å². The molecule has 0 saturated heterocycles. The van der Waals surface area contributed by atoms with Crippen LogP contribution in [0.25, 0.3) is 21.5 Å². The number of fused-ring (bicyclic) bond motifs is 3. The van der Waals surface area contributed by atoms with E-state index in [1.54, 1.807) is 0 Å². The quantitative estimate of drug-likeness (QED) is 0.262. The number of allylic oxidation sites excluding steroid dienone is 4. The molecule has 0 aromatic heterocycles. The van der Waals surface area contributed by atoms with Gasteiger partial charge in [0.25, 0.3) is 0 Å². The van der Waals surface area contributed by atoms with Gasteiger partial charge in [0, 0.05) is 17.8 Å². The number of hydrogen-bond acceptors (Lipinski definition) is 1. The van der Waals surface area contributed by atoms with Gasteiger partial charge in [-0.1, -0.05) is 35.7 Å². The SMILES string of the molecule is CC(C)N(c1cccc2[cH-]c3ccccc3c12)C(C)C.[C-]1=CC=CC1.[Cl-].[Cl-].[Zr+2]=[C](c1ccccc1)c1ccccc1. The van der Waals surface area contributed by atoms with E-state index in [2.05, 4.69) is 154 Å². The Morgan fingerprint density at radius 1 is 0.707 bits per heavy atom. The van der Waals surface area contributed by atoms with Crippen molar-refractivity contribution in [2.24, 2.45) is 0 Å². The summed E-state index contributed by atoms with van der Waals surface area (Å²) in [7, 11) is 0. The first-order chi connectivity index (χ1) is 19.0. The topological polar surface area (TPSA) is 3.24 Å². The zero-order valence-electron chi connectivity index (χ0n) is 24.2. The van der Waals surface area contributed by atoms with Crippen LogP contribution in [-0.4, -0.2) is 15.3 Å². The summed E-state index contributed by atoms with van der Waals surface area (Å²) in [4.78, 5) is 2.51. The molecule has 0 atom stereocenters. The van der Waals surface area contributed by atoms with Crippen molar-refractivity contribution in [2.45, 2.75) is 46.2 Å². The van der Waals surface area contributed by atoms with E-state index in [1.807, 2.05) is 12.2 Å². The first kappa shape index (κ1) is 34.6. The molecule has 1 aliphatic carbocycles. The zero-order chi connectivity index (χ0) is 27.6. The summed E-state index contributed by atoms with van der Waals surface area (Å²) in [6.45, 7) is 9.07. The Labute approximate surface area is 273 Å². The molecule has 1 nitrogen and oxygen atoms in total. The van der Waals surface area contributed by atoms with Crippen LogP contribution in [0, 0.1) is 6.08 Å². The molecule has 6 rings (SSSR count). The van der Waals surface area contributed by atoms with Gasteiger partial charge < -0.3 is 29.7 Å². The maximum absolute atomic E-state index is 2.99. The van der Waals surface area contributed by atoms with Crippen LogP contribution in [-0.2, 0) is 24.2 Å². The Morgan fingerprint density at radius 3 is 1.73 bits per heavy atom. The molecule has 1 aliphatic rings. The third-order valence-corrected chi connectivity index (χ3v) is 8.14. The van der Waals surface area contributed by atoms with Crippen molar-refractivity contribution in [3.63, 3.8) is 0 Å². The normalized spacial score (nSPS) is 11.3. The van der Waals surface area contributed by atoms with E-state index in [4.69, 9.17) is 0 Å². The van der Waals surface area contributed by atoms with E-state index >= 15 is 0 Å². The Kier molecular flexibility index (Phi) is 14.6. The van der Waals surface area contributed by atoms with Crippen LogP contribution in [0.5, 0.6) is 0 Å². The van der Waals surface area contributed by atoms with E-state index in [9.17, 15) is 0 Å². The number of hydrogen-bond donors (Lipinski definition) is 0. The molecule has 0 amide bonds. The summed E-state index contributed by atoms with van der Waals surface area (Å²) >= 11 is 1.46. The number of anilines is 1. The Hall–Kier alpha value is -2.64. The molecule has 0 radical (unpaired) electrons. The molecule has 5 aromatic rings. The van der Waals surface area contributed by atoms with Crippen LogP contribution in [0.4, 0.5) is 5.69 Å². The van der Waals surface area contributed by atoms with Crippen LogP contribution in [0.2, 0.25) is 0 Å². The van der Waals surface area contributed by atoms with E-state index < -0.39 is 0 Å². The minimum atomic E-state index is 0. The molecule has 0 spiro atoms. The molecular weight excluding hydrogens is 621 g/mol. The van der Waals surface area contributed by atoms with Crippen LogP contribution in [0.3, 0.4) is 0 Å². The van der Waals surface area contributed by atoms with Gasteiger partial charge in [-0.25, -0.2) is 12.2 Å². The van der Waals surface area contributed by atoms with Gasteiger partial charge in [-0.05, 0) is 27.7 Å². The van der Waals surface area contributed by atoms with Gasteiger partial charge in [-0.3, -0.25) is 6.08 Å². The number of nitrogens with zero attached hydrogens (tertiary/aromatic N) is 1. The second-order valence-corrected chi connectivity index (χ2v) is 11.4. The molecule has 0 bridgehead atoms. The third-order valence-electron chi connectivity index (χ3n) is 6.72. The molecule has 4 heteroatoms. The monoisotopic (exact) mass is 655 g/mol. The van der Waals surface area contributed by atoms with Crippen molar-refractivity contribution >= 4 is 30.4 Å². The van der Waals surface area contributed by atoms with E-state index in [1.165, 1.54) is 65.8 Å². The molecule has 0 fully saturated rings. The van der Waals surface area contributed by atoms with Gasteiger partial charge >= 0.3 is 99.2 Å². The third kappa shape index (κ3) is 9.17. The van der Waals surface area contributed by atoms with Gasteiger partial charge in [0.05, 0.1) is 0 Å². The number of benzene rings is 4. The minimum absolute atomic E-state index is 0. The fourth-order valence-corrected chi connectivity index (χ4v) is 5.89. The van der Waals surface area contributed by atoms with Crippen LogP contribution in [0.1, 0.15) is 45.2 Å². The van der Waals surface area contributed by atoms with Gasteiger partial charge in [0.1, 0.15) is 0 Å². The first-order valence-electron chi connectivity index (χ1n) is 13.7. The molecule has 0 unspecified atom stereocenters. The molecule has 0 N–H and O–H groups in total. The number of halogens is 2. The predicted octanol–water partition coefficient (Wildman–Crippen LogP) is 3.45. The van der Waals surface area contributed by atoms with Crippen molar-refractivity contribution in [2.75, 3.05) is 4.90 Å². The maximum atomic E-state index is 2.99. The van der Waals surface area contributed by atoms with Crippen molar-refractivity contribution in [3.05, 3.63) is 145 Å². The van der Waals surface area contributed by atoms with Crippen molar-refractivity contribution < 1.29 is 49.0 Å². The molecule has 0 aliphatic heterocycles. The molecule has 5 aromatic carbocycles. The molecule has 0 saturated carbocycles. The van der Waals surface area contributed by atoms with Crippen molar-refractivity contribution in [3.8, 4) is 0 Å². The van der Waals surface area contributed by atoms with E-state index in [0.29, 0.717) is 12.1 Å². The molecular formula is C37H37Cl2NZr-2. The molecule has 41 heavy (non-hydrogen) atoms. The second kappa shape index (κ2) is 17.3. The second-order valence-electron chi connectivity index (χ2n) is 10.2. The predicted molar refractivity (Wildman–Crippen MR) is 167 cm³/mol. The molecule has 210 valence electrons. The van der Waals surface area contributed by atoms with Gasteiger partial charge in [-0.15, -0.1) is 40.8 Å². The number of rotatable bonds is 5. The summed E-state index contributed by atoms with van der Waals surface area (Å²) in [5.41, 5.74) is 4.02. The van der Waals surface area contributed by atoms with E-state index in [-0.39, 0.29) is 24.8 Å². The molecule has 0 heterocycles. The zero-order valence-corrected chi connectivity index (χ0v) is 28.2. The summed E-state index contributed by atoms with van der Waals surface area (Å²) in [5, 5.41) is 5.44. The summed E-state index contributed by atoms with van der Waals surface area (Å²) < 4.78 is 1.42. The summed E-state index contributed by atoms with van der Waals surface area (Å²) in [6.07, 6.45) is 10.0. The van der Waals surface area contributed by atoms with Gasteiger partial charge in [-0.2, -0.15) is 6.08 Å². The Balaban J connectivity index is 0.000000244. The van der Waals surface area contributed by atoms with Crippen molar-refractivity contribution in [1.29, 1.82) is 0 Å². The average Bonchev–Trinajstić information content (AvgIpc) is 3.66. The average molecular weight is 658 g/mol. The van der Waals surface area contributed by atoms with Crippen molar-refractivity contribution in [1.82, 2.24) is 0 Å². The van der Waals surface area contributed by atoms with Crippen LogP contribution < -0.4 is 29.7 Å². The summed E-state index contributed by atoms with van der Waals surface area (Å²) in [6, 6.07) is 39.7. The van der Waals surface area contributed by atoms with E-state index in [0.717, 1.165) is 6.42 Å². The fraction of sp³-hybridized carbons (Fsp3) is 0.189. The van der Waals surface area contributed by atoms with Gasteiger partial charge in [0.2, 0.25) is 0 Å². The Morgan fingerprint density at radius 2 is 1.24 bits per heavy atom. The van der Waals surface area contributed by atoms with Gasteiger partial charge in [0.15, 0.2) is 0 Å². The fourth-order valence-electron chi connectivity index (χ4n) is 5.07. The summed E-state index contributed by atoms with van der Waals surface area (Å²) in [5.74, 6) is 0. The Bertz CT molecular complexity index is 1490.